The lowest BCUT2D eigenvalue weighted by atomic mass is 10.2. The summed E-state index contributed by atoms with van der Waals surface area (Å²) < 4.78 is 10.6. The Morgan fingerprint density at radius 3 is 3.00 bits per heavy atom. The lowest BCUT2D eigenvalue weighted by molar-refractivity contribution is 0.185. The fourth-order valence-electron chi connectivity index (χ4n) is 1.78. The molecule has 1 aromatic heterocycles. The Bertz CT molecular complexity index is 527. The van der Waals surface area contributed by atoms with E-state index in [1.807, 2.05) is 24.3 Å². The van der Waals surface area contributed by atoms with E-state index >= 15 is 0 Å². The van der Waals surface area contributed by atoms with E-state index in [9.17, 15) is 0 Å². The maximum atomic E-state index is 5.51. The number of nitrogens with zero attached hydrogens (tertiary/aromatic N) is 2. The van der Waals surface area contributed by atoms with Gasteiger partial charge in [0.2, 0.25) is 5.89 Å². The minimum Gasteiger partial charge on any atom is -0.406 e. The molecule has 0 aliphatic rings. The number of aromatic nitrogens is 2. The van der Waals surface area contributed by atoms with Crippen LogP contribution in [0.2, 0.25) is 0 Å². The molecule has 0 saturated carbocycles. The number of ether oxygens (including phenoxy) is 1. The van der Waals surface area contributed by atoms with Crippen molar-refractivity contribution in [3.05, 3.63) is 35.7 Å². The van der Waals surface area contributed by atoms with Crippen LogP contribution in [0.4, 0.5) is 11.7 Å². The highest BCUT2D eigenvalue weighted by Crippen LogP contribution is 2.17. The van der Waals surface area contributed by atoms with E-state index in [-0.39, 0.29) is 0 Å². The first-order valence-corrected chi connectivity index (χ1v) is 6.70. The Kier molecular flexibility index (Phi) is 5.52. The summed E-state index contributed by atoms with van der Waals surface area (Å²) in [5.41, 5.74) is 1.98. The third-order valence-corrected chi connectivity index (χ3v) is 2.66. The van der Waals surface area contributed by atoms with Gasteiger partial charge in [0.15, 0.2) is 0 Å². The zero-order valence-corrected chi connectivity index (χ0v) is 11.8. The fourth-order valence-corrected chi connectivity index (χ4v) is 1.78. The first-order valence-electron chi connectivity index (χ1n) is 6.70. The number of nitrogens with one attached hydrogen (secondary N) is 2. The van der Waals surface area contributed by atoms with Crippen LogP contribution in [0.25, 0.3) is 0 Å². The SMILES string of the molecule is CCCNCc1nnc(Nc2cccc(COC)c2)o1. The lowest BCUT2D eigenvalue weighted by Crippen LogP contribution is -2.13. The van der Waals surface area contributed by atoms with Gasteiger partial charge in [-0.05, 0) is 30.7 Å². The summed E-state index contributed by atoms with van der Waals surface area (Å²) >= 11 is 0. The molecule has 0 aliphatic heterocycles. The monoisotopic (exact) mass is 276 g/mol. The van der Waals surface area contributed by atoms with Crippen LogP contribution in [-0.2, 0) is 17.9 Å². The van der Waals surface area contributed by atoms with E-state index in [0.717, 1.165) is 24.2 Å². The summed E-state index contributed by atoms with van der Waals surface area (Å²) in [4.78, 5) is 0. The van der Waals surface area contributed by atoms with Crippen LogP contribution in [0.3, 0.4) is 0 Å². The van der Waals surface area contributed by atoms with Gasteiger partial charge in [0.05, 0.1) is 13.2 Å². The molecule has 0 radical (unpaired) electrons. The van der Waals surface area contributed by atoms with Crippen LogP contribution < -0.4 is 10.6 Å². The molecule has 0 saturated heterocycles. The summed E-state index contributed by atoms with van der Waals surface area (Å²) in [6.45, 7) is 4.21. The van der Waals surface area contributed by atoms with Crippen molar-refractivity contribution in [1.29, 1.82) is 0 Å². The first-order chi connectivity index (χ1) is 9.81. The van der Waals surface area contributed by atoms with Gasteiger partial charge in [0.1, 0.15) is 0 Å². The van der Waals surface area contributed by atoms with Crippen molar-refractivity contribution in [3.8, 4) is 0 Å². The summed E-state index contributed by atoms with van der Waals surface area (Å²) in [5.74, 6) is 0.578. The van der Waals surface area contributed by atoms with E-state index in [0.29, 0.717) is 25.1 Å². The van der Waals surface area contributed by atoms with Crippen LogP contribution in [0.1, 0.15) is 24.8 Å². The Morgan fingerprint density at radius 1 is 1.30 bits per heavy atom. The van der Waals surface area contributed by atoms with E-state index in [1.165, 1.54) is 0 Å². The summed E-state index contributed by atoms with van der Waals surface area (Å²) in [6.07, 6.45) is 1.07. The predicted octanol–water partition coefficient (Wildman–Crippen LogP) is 2.46. The van der Waals surface area contributed by atoms with Crippen molar-refractivity contribution in [2.75, 3.05) is 19.0 Å². The maximum absolute atomic E-state index is 5.51. The van der Waals surface area contributed by atoms with Crippen molar-refractivity contribution in [2.24, 2.45) is 0 Å². The lowest BCUT2D eigenvalue weighted by Gasteiger charge is -2.04. The third-order valence-electron chi connectivity index (χ3n) is 2.66. The van der Waals surface area contributed by atoms with Gasteiger partial charge in [-0.25, -0.2) is 0 Å². The van der Waals surface area contributed by atoms with Crippen LogP contribution in [0, 0.1) is 0 Å². The molecule has 0 aliphatic carbocycles. The first kappa shape index (κ1) is 14.5. The summed E-state index contributed by atoms with van der Waals surface area (Å²) in [6, 6.07) is 8.29. The van der Waals surface area contributed by atoms with Crippen LogP contribution in [-0.4, -0.2) is 23.9 Å². The standard InChI is InChI=1S/C14H20N4O2/c1-3-7-15-9-13-17-18-14(20-13)16-12-6-4-5-11(8-12)10-19-2/h4-6,8,15H,3,7,9-10H2,1-2H3,(H,16,18). The number of benzene rings is 1. The van der Waals surface area contributed by atoms with E-state index in [4.69, 9.17) is 9.15 Å². The molecule has 0 unspecified atom stereocenters. The molecular weight excluding hydrogens is 256 g/mol. The second-order valence-corrected chi connectivity index (χ2v) is 4.44. The molecule has 1 aromatic carbocycles. The molecule has 2 N–H and O–H groups in total. The van der Waals surface area contributed by atoms with Gasteiger partial charge in [-0.3, -0.25) is 0 Å². The molecule has 6 nitrogen and oxygen atoms in total. The van der Waals surface area contributed by atoms with Gasteiger partial charge in [-0.1, -0.05) is 24.2 Å². The molecular formula is C14H20N4O2. The highest BCUT2D eigenvalue weighted by Gasteiger charge is 2.06. The summed E-state index contributed by atoms with van der Waals surface area (Å²) in [7, 11) is 1.67. The molecule has 0 bridgehead atoms. The Hall–Kier alpha value is -1.92. The zero-order chi connectivity index (χ0) is 14.2. The molecule has 20 heavy (non-hydrogen) atoms. The second kappa shape index (κ2) is 7.62. The van der Waals surface area contributed by atoms with Crippen molar-refractivity contribution in [3.63, 3.8) is 0 Å². The molecule has 2 rings (SSSR count). The summed E-state index contributed by atoms with van der Waals surface area (Å²) in [5, 5.41) is 14.2. The molecule has 1 heterocycles. The van der Waals surface area contributed by atoms with Gasteiger partial charge in [-0.15, -0.1) is 5.10 Å². The van der Waals surface area contributed by atoms with Crippen molar-refractivity contribution in [1.82, 2.24) is 15.5 Å². The van der Waals surface area contributed by atoms with Gasteiger partial charge in [0.25, 0.3) is 0 Å². The molecule has 0 amide bonds. The predicted molar refractivity (Wildman–Crippen MR) is 76.7 cm³/mol. The highest BCUT2D eigenvalue weighted by molar-refractivity contribution is 5.52. The number of hydrogen-bond acceptors (Lipinski definition) is 6. The van der Waals surface area contributed by atoms with E-state index in [1.54, 1.807) is 7.11 Å². The molecule has 108 valence electrons. The normalized spacial score (nSPS) is 10.7. The minimum absolute atomic E-state index is 0.396. The smallest absolute Gasteiger partial charge is 0.320 e. The van der Waals surface area contributed by atoms with Crippen LogP contribution in [0.5, 0.6) is 0 Å². The molecule has 0 spiro atoms. The molecule has 2 aromatic rings. The third kappa shape index (κ3) is 4.32. The second-order valence-electron chi connectivity index (χ2n) is 4.44. The number of methoxy groups -OCH3 is 1. The van der Waals surface area contributed by atoms with Gasteiger partial charge in [0, 0.05) is 12.8 Å². The maximum Gasteiger partial charge on any atom is 0.320 e. The largest absolute Gasteiger partial charge is 0.406 e. The van der Waals surface area contributed by atoms with Crippen LogP contribution >= 0.6 is 0 Å². The van der Waals surface area contributed by atoms with Crippen molar-refractivity contribution >= 4 is 11.7 Å². The average Bonchev–Trinajstić information content (AvgIpc) is 2.87. The molecule has 6 heteroatoms. The van der Waals surface area contributed by atoms with Crippen LogP contribution in [0.15, 0.2) is 28.7 Å². The van der Waals surface area contributed by atoms with Gasteiger partial charge < -0.3 is 19.8 Å². The Morgan fingerprint density at radius 2 is 2.20 bits per heavy atom. The van der Waals surface area contributed by atoms with Crippen molar-refractivity contribution in [2.45, 2.75) is 26.5 Å². The fraction of sp³-hybridized carbons (Fsp3) is 0.429. The van der Waals surface area contributed by atoms with Gasteiger partial charge >= 0.3 is 6.01 Å². The number of rotatable bonds is 8. The molecule has 0 fully saturated rings. The van der Waals surface area contributed by atoms with E-state index in [2.05, 4.69) is 27.8 Å². The van der Waals surface area contributed by atoms with Crippen molar-refractivity contribution < 1.29 is 9.15 Å². The van der Waals surface area contributed by atoms with Gasteiger partial charge in [-0.2, -0.15) is 0 Å². The average molecular weight is 276 g/mol. The number of hydrogen-bond donors (Lipinski definition) is 2. The van der Waals surface area contributed by atoms with E-state index < -0.39 is 0 Å². The topological polar surface area (TPSA) is 72.2 Å². The highest BCUT2D eigenvalue weighted by atomic mass is 16.5. The minimum atomic E-state index is 0.396. The Balaban J connectivity index is 1.94. The Labute approximate surface area is 118 Å². The zero-order valence-electron chi connectivity index (χ0n) is 11.8. The molecule has 0 atom stereocenters. The number of anilines is 2. The quantitative estimate of drug-likeness (QED) is 0.722.